The van der Waals surface area contributed by atoms with Crippen LogP contribution in [0, 0.1) is 0 Å². The normalized spacial score (nSPS) is 10.4. The second-order valence-electron chi connectivity index (χ2n) is 3.01. The molecule has 2 aromatic rings. The molecule has 3 heteroatoms. The maximum Gasteiger partial charge on any atom is 0.0793 e. The van der Waals surface area contributed by atoms with Crippen molar-refractivity contribution in [2.45, 2.75) is 9.92 Å². The quantitative estimate of drug-likeness (QED) is 0.798. The minimum absolute atomic E-state index is 1.12. The van der Waals surface area contributed by atoms with Crippen molar-refractivity contribution in [3.05, 3.63) is 47.1 Å². The second-order valence-corrected chi connectivity index (χ2v) is 5.02. The number of aryl methyl sites for hydroxylation is 1. The fourth-order valence-corrected chi connectivity index (χ4v) is 2.30. The van der Waals surface area contributed by atoms with E-state index in [4.69, 9.17) is 0 Å². The summed E-state index contributed by atoms with van der Waals surface area (Å²) in [6.45, 7) is 0. The first kappa shape index (κ1) is 9.87. The fraction of sp³-hybridized carbons (Fsp3) is 0.0909. The molecule has 0 atom stereocenters. The van der Waals surface area contributed by atoms with Crippen molar-refractivity contribution in [2.24, 2.45) is 7.05 Å². The van der Waals surface area contributed by atoms with Crippen LogP contribution < -0.4 is 0 Å². The number of nitrogens with zero attached hydrogens (tertiary/aromatic N) is 1. The molecular weight excluding hydrogens is 258 g/mol. The molecule has 0 aliphatic carbocycles. The molecule has 0 radical (unpaired) electrons. The van der Waals surface area contributed by atoms with Crippen LogP contribution in [0.4, 0.5) is 0 Å². The number of benzene rings is 1. The highest BCUT2D eigenvalue weighted by atomic mass is 79.9. The van der Waals surface area contributed by atoms with Gasteiger partial charge in [0.15, 0.2) is 0 Å². The van der Waals surface area contributed by atoms with E-state index < -0.39 is 0 Å². The Labute approximate surface area is 96.3 Å². The highest BCUT2D eigenvalue weighted by molar-refractivity contribution is 9.10. The lowest BCUT2D eigenvalue weighted by Crippen LogP contribution is -1.85. The van der Waals surface area contributed by atoms with E-state index in [-0.39, 0.29) is 0 Å². The van der Waals surface area contributed by atoms with E-state index in [9.17, 15) is 0 Å². The molecule has 1 aromatic heterocycles. The van der Waals surface area contributed by atoms with Crippen molar-refractivity contribution < 1.29 is 0 Å². The Morgan fingerprint density at radius 2 is 1.86 bits per heavy atom. The third-order valence-corrected chi connectivity index (χ3v) is 3.60. The summed E-state index contributed by atoms with van der Waals surface area (Å²) < 4.78 is 3.24. The molecular formula is C11H10BrNS. The Morgan fingerprint density at radius 3 is 2.43 bits per heavy atom. The van der Waals surface area contributed by atoms with Crippen LogP contribution in [0.25, 0.3) is 0 Å². The Morgan fingerprint density at radius 1 is 1.14 bits per heavy atom. The van der Waals surface area contributed by atoms with Gasteiger partial charge in [0.2, 0.25) is 0 Å². The maximum atomic E-state index is 3.42. The smallest absolute Gasteiger partial charge is 0.0793 e. The van der Waals surface area contributed by atoms with Crippen LogP contribution >= 0.6 is 27.7 Å². The summed E-state index contributed by atoms with van der Waals surface area (Å²) in [7, 11) is 2.06. The Balaban J connectivity index is 2.19. The Kier molecular flexibility index (Phi) is 2.99. The predicted molar refractivity (Wildman–Crippen MR) is 63.7 cm³/mol. The minimum Gasteiger partial charge on any atom is -0.346 e. The highest BCUT2D eigenvalue weighted by Crippen LogP contribution is 2.28. The van der Waals surface area contributed by atoms with Crippen LogP contribution in [0.3, 0.4) is 0 Å². The highest BCUT2D eigenvalue weighted by Gasteiger charge is 1.99. The van der Waals surface area contributed by atoms with Gasteiger partial charge in [-0.3, -0.25) is 0 Å². The minimum atomic E-state index is 1.12. The lowest BCUT2D eigenvalue weighted by molar-refractivity contribution is 0.829. The largest absolute Gasteiger partial charge is 0.346 e. The van der Waals surface area contributed by atoms with Gasteiger partial charge in [-0.05, 0) is 36.4 Å². The molecule has 0 N–H and O–H groups in total. The average Bonchev–Trinajstić information content (AvgIpc) is 2.56. The van der Waals surface area contributed by atoms with Gasteiger partial charge in [0, 0.05) is 22.6 Å². The number of halogens is 1. The first-order chi connectivity index (χ1) is 6.75. The van der Waals surface area contributed by atoms with Crippen LogP contribution in [0.1, 0.15) is 0 Å². The topological polar surface area (TPSA) is 4.93 Å². The zero-order valence-corrected chi connectivity index (χ0v) is 10.2. The summed E-state index contributed by atoms with van der Waals surface area (Å²) in [5.41, 5.74) is 0. The van der Waals surface area contributed by atoms with E-state index in [0.29, 0.717) is 0 Å². The van der Waals surface area contributed by atoms with E-state index >= 15 is 0 Å². The molecule has 0 spiro atoms. The lowest BCUT2D eigenvalue weighted by Gasteiger charge is -2.02. The summed E-state index contributed by atoms with van der Waals surface area (Å²) in [6, 6.07) is 12.5. The van der Waals surface area contributed by atoms with Gasteiger partial charge in [-0.1, -0.05) is 27.7 Å². The van der Waals surface area contributed by atoms with E-state index in [1.165, 1.54) is 9.92 Å². The third-order valence-electron chi connectivity index (χ3n) is 1.93. The van der Waals surface area contributed by atoms with Crippen LogP contribution in [0.5, 0.6) is 0 Å². The molecule has 1 heterocycles. The Bertz CT molecular complexity index is 419. The Hall–Kier alpha value is -0.670. The molecule has 0 bridgehead atoms. The molecule has 0 aliphatic heterocycles. The van der Waals surface area contributed by atoms with Gasteiger partial charge >= 0.3 is 0 Å². The van der Waals surface area contributed by atoms with Gasteiger partial charge in [-0.2, -0.15) is 0 Å². The van der Waals surface area contributed by atoms with Crippen molar-refractivity contribution >= 4 is 27.7 Å². The van der Waals surface area contributed by atoms with Crippen molar-refractivity contribution in [3.63, 3.8) is 0 Å². The van der Waals surface area contributed by atoms with E-state index in [1.807, 2.05) is 0 Å². The number of aromatic nitrogens is 1. The van der Waals surface area contributed by atoms with E-state index in [0.717, 1.165) is 4.47 Å². The zero-order chi connectivity index (χ0) is 9.97. The molecule has 14 heavy (non-hydrogen) atoms. The van der Waals surface area contributed by atoms with Gasteiger partial charge in [0.25, 0.3) is 0 Å². The van der Waals surface area contributed by atoms with Gasteiger partial charge in [0.1, 0.15) is 0 Å². The van der Waals surface area contributed by atoms with Gasteiger partial charge < -0.3 is 4.57 Å². The zero-order valence-electron chi connectivity index (χ0n) is 7.77. The van der Waals surface area contributed by atoms with E-state index in [2.05, 4.69) is 70.1 Å². The number of rotatable bonds is 2. The number of hydrogen-bond acceptors (Lipinski definition) is 1. The molecule has 0 amide bonds. The molecule has 72 valence electrons. The monoisotopic (exact) mass is 267 g/mol. The van der Waals surface area contributed by atoms with Crippen LogP contribution in [-0.4, -0.2) is 4.57 Å². The van der Waals surface area contributed by atoms with Gasteiger partial charge in [-0.25, -0.2) is 0 Å². The lowest BCUT2D eigenvalue weighted by atomic mass is 10.4. The predicted octanol–water partition coefficient (Wildman–Crippen LogP) is 3.94. The summed E-state index contributed by atoms with van der Waals surface area (Å²) in [6.07, 6.45) is 2.06. The number of hydrogen-bond donors (Lipinski definition) is 0. The maximum absolute atomic E-state index is 3.42. The van der Waals surface area contributed by atoms with Crippen LogP contribution in [0.15, 0.2) is 57.0 Å². The van der Waals surface area contributed by atoms with Gasteiger partial charge in [0.05, 0.1) is 5.03 Å². The van der Waals surface area contributed by atoms with Crippen LogP contribution in [0.2, 0.25) is 0 Å². The molecule has 0 saturated heterocycles. The first-order valence-electron chi connectivity index (χ1n) is 4.30. The molecule has 0 saturated carbocycles. The first-order valence-corrected chi connectivity index (χ1v) is 5.91. The SMILES string of the molecule is Cn1cccc1Sc1ccc(Br)cc1. The summed E-state index contributed by atoms with van der Waals surface area (Å²) in [5.74, 6) is 0. The van der Waals surface area contributed by atoms with Crippen molar-refractivity contribution in [1.29, 1.82) is 0 Å². The van der Waals surface area contributed by atoms with Crippen molar-refractivity contribution in [2.75, 3.05) is 0 Å². The standard InChI is InChI=1S/C11H10BrNS/c1-13-8-2-3-11(13)14-10-6-4-9(12)5-7-10/h2-8H,1H3. The van der Waals surface area contributed by atoms with Crippen molar-refractivity contribution in [1.82, 2.24) is 4.57 Å². The molecule has 1 nitrogen and oxygen atoms in total. The molecule has 1 aromatic carbocycles. The average molecular weight is 268 g/mol. The van der Waals surface area contributed by atoms with E-state index in [1.54, 1.807) is 11.8 Å². The summed E-state index contributed by atoms with van der Waals surface area (Å²) in [4.78, 5) is 1.26. The van der Waals surface area contributed by atoms with Crippen LogP contribution in [-0.2, 0) is 7.05 Å². The molecule has 2 rings (SSSR count). The third kappa shape index (κ3) is 2.22. The molecule has 0 fully saturated rings. The molecule has 0 unspecified atom stereocenters. The van der Waals surface area contributed by atoms with Gasteiger partial charge in [-0.15, -0.1) is 0 Å². The molecule has 0 aliphatic rings. The van der Waals surface area contributed by atoms with Crippen molar-refractivity contribution in [3.8, 4) is 0 Å². The fourth-order valence-electron chi connectivity index (χ4n) is 1.17. The second kappa shape index (κ2) is 4.24. The summed E-state index contributed by atoms with van der Waals surface area (Å²) in [5, 5.41) is 1.26. The summed E-state index contributed by atoms with van der Waals surface area (Å²) >= 11 is 5.20.